The summed E-state index contributed by atoms with van der Waals surface area (Å²) < 4.78 is 32.9. The molecule has 2 saturated heterocycles. The van der Waals surface area contributed by atoms with E-state index in [-0.39, 0.29) is 22.9 Å². The van der Waals surface area contributed by atoms with E-state index in [1.54, 1.807) is 28.6 Å². The number of fused-ring (bicyclic) bond motifs is 1. The van der Waals surface area contributed by atoms with Crippen LogP contribution >= 0.6 is 0 Å². The molecule has 2 heterocycles. The van der Waals surface area contributed by atoms with Crippen molar-refractivity contribution in [2.24, 2.45) is 0 Å². The zero-order valence-corrected chi connectivity index (χ0v) is 14.0. The van der Waals surface area contributed by atoms with Crippen LogP contribution in [0.25, 0.3) is 0 Å². The Balaban J connectivity index is 1.92. The Morgan fingerprint density at radius 2 is 2.00 bits per heavy atom. The quantitative estimate of drug-likeness (QED) is 0.906. The van der Waals surface area contributed by atoms with Crippen LogP contribution in [0.3, 0.4) is 0 Å². The second-order valence-corrected chi connectivity index (χ2v) is 7.90. The molecule has 0 aliphatic carbocycles. The Morgan fingerprint density at radius 1 is 1.22 bits per heavy atom. The summed E-state index contributed by atoms with van der Waals surface area (Å²) in [6.07, 6.45) is 3.64. The Bertz CT molecular complexity index is 689. The molecule has 0 spiro atoms. The Hall–Kier alpha value is -1.60. The van der Waals surface area contributed by atoms with E-state index in [0.717, 1.165) is 19.3 Å². The minimum atomic E-state index is -3.64. The van der Waals surface area contributed by atoms with Gasteiger partial charge >= 0.3 is 0 Å². The van der Waals surface area contributed by atoms with Crippen molar-refractivity contribution in [3.63, 3.8) is 0 Å². The molecule has 1 amide bonds. The fourth-order valence-electron chi connectivity index (χ4n) is 3.51. The fourth-order valence-corrected chi connectivity index (χ4v) is 5.38. The van der Waals surface area contributed by atoms with E-state index < -0.39 is 10.0 Å². The first-order valence-electron chi connectivity index (χ1n) is 7.98. The lowest BCUT2D eigenvalue weighted by Crippen LogP contribution is -2.47. The van der Waals surface area contributed by atoms with E-state index in [1.165, 1.54) is 7.11 Å². The molecule has 2 aliphatic rings. The maximum absolute atomic E-state index is 13.1. The molecular weight excluding hydrogens is 316 g/mol. The van der Waals surface area contributed by atoms with Gasteiger partial charge < -0.3 is 10.1 Å². The Labute approximate surface area is 136 Å². The van der Waals surface area contributed by atoms with E-state index in [1.807, 2.05) is 0 Å². The number of rotatable bonds is 3. The van der Waals surface area contributed by atoms with Crippen LogP contribution in [-0.2, 0) is 14.8 Å². The summed E-state index contributed by atoms with van der Waals surface area (Å²) >= 11 is 0. The van der Waals surface area contributed by atoms with Crippen LogP contribution in [0.15, 0.2) is 29.2 Å². The molecule has 0 saturated carbocycles. The van der Waals surface area contributed by atoms with Gasteiger partial charge in [0.2, 0.25) is 15.9 Å². The van der Waals surface area contributed by atoms with Gasteiger partial charge in [0.25, 0.3) is 0 Å². The first-order valence-corrected chi connectivity index (χ1v) is 9.42. The summed E-state index contributed by atoms with van der Waals surface area (Å²) in [5, 5.41) is 2.99. The monoisotopic (exact) mass is 338 g/mol. The van der Waals surface area contributed by atoms with Gasteiger partial charge in [0.05, 0.1) is 7.11 Å². The molecule has 1 aromatic carbocycles. The second-order valence-electron chi connectivity index (χ2n) is 6.04. The van der Waals surface area contributed by atoms with Gasteiger partial charge in [0.15, 0.2) is 0 Å². The van der Waals surface area contributed by atoms with Crippen molar-refractivity contribution >= 4 is 15.9 Å². The van der Waals surface area contributed by atoms with Crippen LogP contribution in [0.1, 0.15) is 32.1 Å². The standard InChI is InChI=1S/C16H22N2O4S/c1-22-14-7-3-4-8-15(14)23(20,21)18-11-10-12-13(18)6-2-5-9-16(19)17-12/h3-4,7-8,12-13H,2,5-6,9-11H2,1H3,(H,17,19)/t12-,13+/m0/s1. The molecule has 2 atom stereocenters. The highest BCUT2D eigenvalue weighted by atomic mass is 32.2. The van der Waals surface area contributed by atoms with Crippen molar-refractivity contribution in [3.05, 3.63) is 24.3 Å². The molecule has 3 rings (SSSR count). The predicted octanol–water partition coefficient (Wildman–Crippen LogP) is 1.52. The minimum absolute atomic E-state index is 0.0243. The van der Waals surface area contributed by atoms with Crippen LogP contribution in [0.2, 0.25) is 0 Å². The lowest BCUT2D eigenvalue weighted by Gasteiger charge is -2.30. The number of carbonyl (C=O) groups is 1. The lowest BCUT2D eigenvalue weighted by molar-refractivity contribution is -0.122. The molecule has 2 aliphatic heterocycles. The van der Waals surface area contributed by atoms with Crippen molar-refractivity contribution in [3.8, 4) is 5.75 Å². The number of ether oxygens (including phenoxy) is 1. The number of para-hydroxylation sites is 1. The molecule has 23 heavy (non-hydrogen) atoms. The summed E-state index contributed by atoms with van der Waals surface area (Å²) in [6, 6.07) is 6.41. The van der Waals surface area contributed by atoms with Gasteiger partial charge in [-0.3, -0.25) is 4.79 Å². The van der Waals surface area contributed by atoms with Crippen molar-refractivity contribution in [2.45, 2.75) is 49.1 Å². The van der Waals surface area contributed by atoms with Crippen LogP contribution < -0.4 is 10.1 Å². The second kappa shape index (κ2) is 6.49. The number of nitrogens with zero attached hydrogens (tertiary/aromatic N) is 1. The maximum atomic E-state index is 13.1. The number of amides is 1. The number of hydrogen-bond acceptors (Lipinski definition) is 4. The molecule has 126 valence electrons. The van der Waals surface area contributed by atoms with Crippen molar-refractivity contribution in [1.82, 2.24) is 9.62 Å². The van der Waals surface area contributed by atoms with E-state index in [9.17, 15) is 13.2 Å². The lowest BCUT2D eigenvalue weighted by atomic mass is 9.99. The summed E-state index contributed by atoms with van der Waals surface area (Å²) in [7, 11) is -2.17. The number of methoxy groups -OCH3 is 1. The predicted molar refractivity (Wildman–Crippen MR) is 85.7 cm³/mol. The normalized spacial score (nSPS) is 26.0. The first kappa shape index (κ1) is 16.3. The minimum Gasteiger partial charge on any atom is -0.495 e. The van der Waals surface area contributed by atoms with Crippen LogP contribution in [0.5, 0.6) is 5.75 Å². The summed E-state index contributed by atoms with van der Waals surface area (Å²) in [6.45, 7) is 0.427. The van der Waals surface area contributed by atoms with Gasteiger partial charge in [-0.05, 0) is 31.4 Å². The number of nitrogens with one attached hydrogen (secondary N) is 1. The van der Waals surface area contributed by atoms with Crippen molar-refractivity contribution < 1.29 is 17.9 Å². The molecule has 0 aromatic heterocycles. The molecule has 0 radical (unpaired) electrons. The highest BCUT2D eigenvalue weighted by Crippen LogP contribution is 2.33. The van der Waals surface area contributed by atoms with Crippen LogP contribution in [-0.4, -0.2) is 44.4 Å². The van der Waals surface area contributed by atoms with Gasteiger partial charge in [-0.1, -0.05) is 18.6 Å². The Kier molecular flexibility index (Phi) is 4.59. The molecule has 6 nitrogen and oxygen atoms in total. The van der Waals surface area contributed by atoms with E-state index in [0.29, 0.717) is 25.1 Å². The molecule has 7 heteroatoms. The van der Waals surface area contributed by atoms with E-state index >= 15 is 0 Å². The third-order valence-electron chi connectivity index (χ3n) is 4.65. The number of benzene rings is 1. The third kappa shape index (κ3) is 3.07. The highest BCUT2D eigenvalue weighted by molar-refractivity contribution is 7.89. The van der Waals surface area contributed by atoms with Crippen LogP contribution in [0, 0.1) is 0 Å². The average Bonchev–Trinajstić information content (AvgIpc) is 2.92. The summed E-state index contributed by atoms with van der Waals surface area (Å²) in [5.41, 5.74) is 0. The topological polar surface area (TPSA) is 75.7 Å². The molecule has 0 unspecified atom stereocenters. The summed E-state index contributed by atoms with van der Waals surface area (Å²) in [5.74, 6) is 0.377. The van der Waals surface area contributed by atoms with Gasteiger partial charge in [-0.2, -0.15) is 4.31 Å². The number of sulfonamides is 1. The third-order valence-corrected chi connectivity index (χ3v) is 6.61. The Morgan fingerprint density at radius 3 is 2.78 bits per heavy atom. The largest absolute Gasteiger partial charge is 0.495 e. The van der Waals surface area contributed by atoms with Crippen molar-refractivity contribution in [2.75, 3.05) is 13.7 Å². The molecule has 0 bridgehead atoms. The summed E-state index contributed by atoms with van der Waals surface area (Å²) in [4.78, 5) is 12.0. The molecule has 1 aromatic rings. The zero-order chi connectivity index (χ0) is 16.4. The highest BCUT2D eigenvalue weighted by Gasteiger charge is 2.43. The van der Waals surface area contributed by atoms with Gasteiger partial charge in [-0.25, -0.2) is 8.42 Å². The smallest absolute Gasteiger partial charge is 0.247 e. The molecule has 2 fully saturated rings. The SMILES string of the molecule is COc1ccccc1S(=O)(=O)N1CC[C@@H]2NC(=O)CCCC[C@H]21. The first-order chi connectivity index (χ1) is 11.0. The van der Waals surface area contributed by atoms with Crippen LogP contribution in [0.4, 0.5) is 0 Å². The van der Waals surface area contributed by atoms with Gasteiger partial charge in [0.1, 0.15) is 10.6 Å². The van der Waals surface area contributed by atoms with E-state index in [2.05, 4.69) is 5.32 Å². The van der Waals surface area contributed by atoms with Gasteiger partial charge in [-0.15, -0.1) is 0 Å². The number of hydrogen-bond donors (Lipinski definition) is 1. The van der Waals surface area contributed by atoms with Crippen molar-refractivity contribution in [1.29, 1.82) is 0 Å². The molecule has 1 N–H and O–H groups in total. The van der Waals surface area contributed by atoms with E-state index in [4.69, 9.17) is 4.74 Å². The fraction of sp³-hybridized carbons (Fsp3) is 0.562. The number of carbonyl (C=O) groups excluding carboxylic acids is 1. The van der Waals surface area contributed by atoms with Gasteiger partial charge in [0, 0.05) is 25.0 Å². The zero-order valence-electron chi connectivity index (χ0n) is 13.2. The maximum Gasteiger partial charge on any atom is 0.247 e. The molecular formula is C16H22N2O4S. The average molecular weight is 338 g/mol.